The number of halogens is 1. The summed E-state index contributed by atoms with van der Waals surface area (Å²) in [6.45, 7) is 4.22. The number of nitrogens with zero attached hydrogens (tertiary/aromatic N) is 1. The Kier molecular flexibility index (Phi) is 4.56. The third-order valence-corrected chi connectivity index (χ3v) is 3.28. The summed E-state index contributed by atoms with van der Waals surface area (Å²) < 4.78 is 6.85. The Bertz CT molecular complexity index is 570. The molecule has 2 aromatic rings. The zero-order valence-corrected chi connectivity index (χ0v) is 12.5. The Balaban J connectivity index is 2.32. The number of pyridine rings is 1. The fourth-order valence-electron chi connectivity index (χ4n) is 1.78. The summed E-state index contributed by atoms with van der Waals surface area (Å²) >= 11 is 3.47. The van der Waals surface area contributed by atoms with Crippen molar-refractivity contribution in [2.24, 2.45) is 0 Å². The first-order valence-corrected chi connectivity index (χ1v) is 6.92. The molecular formula is C15H16BrNO2. The topological polar surface area (TPSA) is 42.4 Å². The summed E-state index contributed by atoms with van der Waals surface area (Å²) in [7, 11) is 0. The van der Waals surface area contributed by atoms with Crippen LogP contribution in [0.3, 0.4) is 0 Å². The van der Waals surface area contributed by atoms with E-state index < -0.39 is 0 Å². The second kappa shape index (κ2) is 6.17. The molecule has 0 bridgehead atoms. The van der Waals surface area contributed by atoms with Gasteiger partial charge in [0, 0.05) is 16.7 Å². The van der Waals surface area contributed by atoms with Crippen molar-refractivity contribution in [3.63, 3.8) is 0 Å². The molecule has 0 saturated heterocycles. The van der Waals surface area contributed by atoms with E-state index in [1.54, 1.807) is 18.3 Å². The van der Waals surface area contributed by atoms with Crippen LogP contribution >= 0.6 is 15.9 Å². The number of ether oxygens (including phenoxy) is 1. The predicted octanol–water partition coefficient (Wildman–Crippen LogP) is 4.25. The standard InChI is InChI=1S/C15H16BrNO2/c1-10(2)13-8-12(16)3-4-14(13)19-15-7-11(9-18)5-6-17-15/h3-8,10,18H,9H2,1-2H3. The summed E-state index contributed by atoms with van der Waals surface area (Å²) in [4.78, 5) is 4.16. The largest absolute Gasteiger partial charge is 0.439 e. The van der Waals surface area contributed by atoms with Crippen LogP contribution in [0, 0.1) is 0 Å². The van der Waals surface area contributed by atoms with Crippen molar-refractivity contribution in [3.8, 4) is 11.6 Å². The van der Waals surface area contributed by atoms with Crippen LogP contribution in [0.15, 0.2) is 41.0 Å². The maximum Gasteiger partial charge on any atom is 0.219 e. The fraction of sp³-hybridized carbons (Fsp3) is 0.267. The number of benzene rings is 1. The van der Waals surface area contributed by atoms with Crippen molar-refractivity contribution in [3.05, 3.63) is 52.1 Å². The summed E-state index contributed by atoms with van der Waals surface area (Å²) in [5.41, 5.74) is 1.90. The number of aromatic nitrogens is 1. The normalized spacial score (nSPS) is 10.8. The Morgan fingerprint density at radius 1 is 1.26 bits per heavy atom. The molecule has 0 saturated carbocycles. The average molecular weight is 322 g/mol. The molecule has 1 aromatic heterocycles. The van der Waals surface area contributed by atoms with E-state index in [2.05, 4.69) is 40.8 Å². The van der Waals surface area contributed by atoms with Gasteiger partial charge in [0.15, 0.2) is 0 Å². The first-order valence-electron chi connectivity index (χ1n) is 6.13. The van der Waals surface area contributed by atoms with Gasteiger partial charge in [0.2, 0.25) is 5.88 Å². The summed E-state index contributed by atoms with van der Waals surface area (Å²) in [5, 5.41) is 9.12. The SMILES string of the molecule is CC(C)c1cc(Br)ccc1Oc1cc(CO)ccn1. The zero-order valence-electron chi connectivity index (χ0n) is 10.9. The van der Waals surface area contributed by atoms with Gasteiger partial charge in [-0.3, -0.25) is 0 Å². The van der Waals surface area contributed by atoms with Crippen LogP contribution in [0.1, 0.15) is 30.9 Å². The number of aliphatic hydroxyl groups excluding tert-OH is 1. The van der Waals surface area contributed by atoms with E-state index in [0.29, 0.717) is 11.8 Å². The molecule has 3 nitrogen and oxygen atoms in total. The summed E-state index contributed by atoms with van der Waals surface area (Å²) in [6.07, 6.45) is 1.63. The van der Waals surface area contributed by atoms with Crippen molar-refractivity contribution in [1.29, 1.82) is 0 Å². The Hall–Kier alpha value is -1.39. The smallest absolute Gasteiger partial charge is 0.219 e. The Morgan fingerprint density at radius 3 is 2.74 bits per heavy atom. The van der Waals surface area contributed by atoms with Crippen molar-refractivity contribution < 1.29 is 9.84 Å². The molecule has 0 amide bonds. The molecule has 1 heterocycles. The first kappa shape index (κ1) is 14.0. The van der Waals surface area contributed by atoms with E-state index >= 15 is 0 Å². The monoisotopic (exact) mass is 321 g/mol. The van der Waals surface area contributed by atoms with E-state index in [-0.39, 0.29) is 6.61 Å². The zero-order chi connectivity index (χ0) is 13.8. The van der Waals surface area contributed by atoms with E-state index in [4.69, 9.17) is 9.84 Å². The molecule has 19 heavy (non-hydrogen) atoms. The molecule has 0 aliphatic carbocycles. The third kappa shape index (κ3) is 3.55. The molecule has 0 atom stereocenters. The molecule has 0 spiro atoms. The van der Waals surface area contributed by atoms with Crippen molar-refractivity contribution >= 4 is 15.9 Å². The molecule has 0 radical (unpaired) electrons. The molecule has 0 fully saturated rings. The summed E-state index contributed by atoms with van der Waals surface area (Å²) in [5.74, 6) is 1.64. The van der Waals surface area contributed by atoms with Crippen LogP contribution in [0.2, 0.25) is 0 Å². The van der Waals surface area contributed by atoms with E-state index in [1.165, 1.54) is 0 Å². The van der Waals surface area contributed by atoms with E-state index in [0.717, 1.165) is 21.3 Å². The van der Waals surface area contributed by atoms with Gasteiger partial charge in [-0.25, -0.2) is 4.98 Å². The molecule has 100 valence electrons. The van der Waals surface area contributed by atoms with Crippen molar-refractivity contribution in [2.45, 2.75) is 26.4 Å². The van der Waals surface area contributed by atoms with Crippen LogP contribution in [0.5, 0.6) is 11.6 Å². The highest BCUT2D eigenvalue weighted by Crippen LogP contribution is 2.32. The van der Waals surface area contributed by atoms with E-state index in [1.807, 2.05) is 12.1 Å². The van der Waals surface area contributed by atoms with Crippen LogP contribution in [-0.4, -0.2) is 10.1 Å². The van der Waals surface area contributed by atoms with Gasteiger partial charge in [-0.15, -0.1) is 0 Å². The maximum absolute atomic E-state index is 9.12. The molecule has 0 aliphatic rings. The lowest BCUT2D eigenvalue weighted by molar-refractivity contribution is 0.281. The molecular weight excluding hydrogens is 306 g/mol. The van der Waals surface area contributed by atoms with Gasteiger partial charge in [0.05, 0.1) is 6.61 Å². The second-order valence-corrected chi connectivity index (χ2v) is 5.52. The van der Waals surface area contributed by atoms with Gasteiger partial charge in [0.1, 0.15) is 5.75 Å². The molecule has 1 N–H and O–H groups in total. The summed E-state index contributed by atoms with van der Waals surface area (Å²) in [6, 6.07) is 9.42. The molecule has 2 rings (SSSR count). The van der Waals surface area contributed by atoms with Gasteiger partial charge < -0.3 is 9.84 Å². The third-order valence-electron chi connectivity index (χ3n) is 2.79. The lowest BCUT2D eigenvalue weighted by Gasteiger charge is -2.14. The lowest BCUT2D eigenvalue weighted by Crippen LogP contribution is -1.96. The minimum atomic E-state index is -0.0176. The highest BCUT2D eigenvalue weighted by atomic mass is 79.9. The highest BCUT2D eigenvalue weighted by molar-refractivity contribution is 9.10. The number of hydrogen-bond acceptors (Lipinski definition) is 3. The van der Waals surface area contributed by atoms with Crippen LogP contribution < -0.4 is 4.74 Å². The average Bonchev–Trinajstić information content (AvgIpc) is 2.41. The minimum Gasteiger partial charge on any atom is -0.439 e. The van der Waals surface area contributed by atoms with E-state index in [9.17, 15) is 0 Å². The molecule has 1 aromatic carbocycles. The second-order valence-electron chi connectivity index (χ2n) is 4.60. The fourth-order valence-corrected chi connectivity index (χ4v) is 2.16. The van der Waals surface area contributed by atoms with Gasteiger partial charge in [-0.1, -0.05) is 29.8 Å². The van der Waals surface area contributed by atoms with Gasteiger partial charge in [-0.2, -0.15) is 0 Å². The van der Waals surface area contributed by atoms with Crippen LogP contribution in [-0.2, 0) is 6.61 Å². The molecule has 0 unspecified atom stereocenters. The molecule has 4 heteroatoms. The number of hydrogen-bond donors (Lipinski definition) is 1. The number of aliphatic hydroxyl groups is 1. The quantitative estimate of drug-likeness (QED) is 0.915. The molecule has 0 aliphatic heterocycles. The van der Waals surface area contributed by atoms with Crippen molar-refractivity contribution in [1.82, 2.24) is 4.98 Å². The van der Waals surface area contributed by atoms with Gasteiger partial charge in [-0.05, 0) is 41.3 Å². The van der Waals surface area contributed by atoms with Gasteiger partial charge >= 0.3 is 0 Å². The van der Waals surface area contributed by atoms with Crippen LogP contribution in [0.25, 0.3) is 0 Å². The predicted molar refractivity (Wildman–Crippen MR) is 78.5 cm³/mol. The van der Waals surface area contributed by atoms with Crippen molar-refractivity contribution in [2.75, 3.05) is 0 Å². The van der Waals surface area contributed by atoms with Gasteiger partial charge in [0.25, 0.3) is 0 Å². The maximum atomic E-state index is 9.12. The highest BCUT2D eigenvalue weighted by Gasteiger charge is 2.10. The van der Waals surface area contributed by atoms with Crippen LogP contribution in [0.4, 0.5) is 0 Å². The minimum absolute atomic E-state index is 0.0176. The first-order chi connectivity index (χ1) is 9.10. The Morgan fingerprint density at radius 2 is 2.05 bits per heavy atom. The lowest BCUT2D eigenvalue weighted by atomic mass is 10.0. The Labute approximate surface area is 121 Å². The number of rotatable bonds is 4.